The third kappa shape index (κ3) is 2.88. The first-order valence-electron chi connectivity index (χ1n) is 9.09. The highest BCUT2D eigenvalue weighted by Gasteiger charge is 2.28. The highest BCUT2D eigenvalue weighted by atomic mass is 32.1. The molecule has 1 aliphatic rings. The smallest absolute Gasteiger partial charge is 0.262 e. The molecule has 3 aromatic heterocycles. The Labute approximate surface area is 160 Å². The molecule has 2 N–H and O–H groups in total. The predicted octanol–water partition coefficient (Wildman–Crippen LogP) is 3.99. The number of hydrogen-bond acceptors (Lipinski definition) is 5. The predicted molar refractivity (Wildman–Crippen MR) is 106 cm³/mol. The fourth-order valence-electron chi connectivity index (χ4n) is 3.43. The number of para-hydroxylation sites is 2. The van der Waals surface area contributed by atoms with Crippen LogP contribution in [0.15, 0.2) is 24.3 Å². The van der Waals surface area contributed by atoms with Crippen molar-refractivity contribution < 1.29 is 4.79 Å². The van der Waals surface area contributed by atoms with Gasteiger partial charge in [0, 0.05) is 11.3 Å². The second-order valence-corrected chi connectivity index (χ2v) is 8.06. The highest BCUT2D eigenvalue weighted by Crippen LogP contribution is 2.40. The normalized spacial score (nSPS) is 14.1. The minimum Gasteiger partial charge on any atom is -0.344 e. The summed E-state index contributed by atoms with van der Waals surface area (Å²) in [6.07, 6.45) is 2.33. The number of nitrogens with one attached hydrogen (secondary N) is 2. The largest absolute Gasteiger partial charge is 0.344 e. The molecule has 1 fully saturated rings. The van der Waals surface area contributed by atoms with Crippen LogP contribution < -0.4 is 5.32 Å². The maximum absolute atomic E-state index is 12.8. The van der Waals surface area contributed by atoms with E-state index in [0.717, 1.165) is 44.2 Å². The summed E-state index contributed by atoms with van der Waals surface area (Å²) in [4.78, 5) is 31.5. The van der Waals surface area contributed by atoms with Crippen LogP contribution in [-0.2, 0) is 6.54 Å². The van der Waals surface area contributed by atoms with Crippen molar-refractivity contribution in [2.45, 2.75) is 39.2 Å². The monoisotopic (exact) mass is 377 g/mol. The van der Waals surface area contributed by atoms with E-state index in [4.69, 9.17) is 4.98 Å². The van der Waals surface area contributed by atoms with E-state index in [-0.39, 0.29) is 5.91 Å². The van der Waals surface area contributed by atoms with E-state index in [1.54, 1.807) is 0 Å². The number of imidazole rings is 1. The lowest BCUT2D eigenvalue weighted by atomic mass is 10.1. The van der Waals surface area contributed by atoms with Gasteiger partial charge in [0.25, 0.3) is 5.91 Å². The molecule has 3 heterocycles. The number of H-pyrrole nitrogens is 1. The quantitative estimate of drug-likeness (QED) is 0.563. The van der Waals surface area contributed by atoms with E-state index in [1.165, 1.54) is 24.2 Å². The number of rotatable bonds is 4. The number of carbonyl (C=O) groups excluding carboxylic acids is 1. The maximum atomic E-state index is 12.8. The number of thiophene rings is 1. The number of aryl methyl sites for hydroxylation is 2. The van der Waals surface area contributed by atoms with Gasteiger partial charge in [-0.3, -0.25) is 4.79 Å². The molecule has 5 rings (SSSR count). The topological polar surface area (TPSA) is 83.6 Å². The first kappa shape index (κ1) is 16.4. The molecule has 0 aliphatic heterocycles. The molecule has 6 nitrogen and oxygen atoms in total. The second kappa shape index (κ2) is 6.13. The average Bonchev–Trinajstić information content (AvgIpc) is 3.34. The summed E-state index contributed by atoms with van der Waals surface area (Å²) in [6.45, 7) is 4.34. The molecule has 1 amide bonds. The van der Waals surface area contributed by atoms with Gasteiger partial charge in [0.05, 0.1) is 28.1 Å². The van der Waals surface area contributed by atoms with Crippen molar-refractivity contribution in [3.05, 3.63) is 52.0 Å². The van der Waals surface area contributed by atoms with Gasteiger partial charge in [0.15, 0.2) is 0 Å². The van der Waals surface area contributed by atoms with E-state index in [9.17, 15) is 4.79 Å². The van der Waals surface area contributed by atoms with Crippen LogP contribution in [0.5, 0.6) is 0 Å². The van der Waals surface area contributed by atoms with Crippen LogP contribution in [0.1, 0.15) is 51.3 Å². The zero-order chi connectivity index (χ0) is 18.5. The van der Waals surface area contributed by atoms with Gasteiger partial charge < -0.3 is 10.3 Å². The van der Waals surface area contributed by atoms with Crippen LogP contribution in [-0.4, -0.2) is 25.8 Å². The Morgan fingerprint density at radius 1 is 1.22 bits per heavy atom. The number of hydrogen-bond donors (Lipinski definition) is 2. The lowest BCUT2D eigenvalue weighted by Crippen LogP contribution is -2.23. The summed E-state index contributed by atoms with van der Waals surface area (Å²) in [6, 6.07) is 7.84. The van der Waals surface area contributed by atoms with Crippen molar-refractivity contribution in [2.75, 3.05) is 0 Å². The number of amides is 1. The molecule has 0 bridgehead atoms. The SMILES string of the molecule is Cc1nc(C2CC2)nc2sc(C(=O)NCc3nc4ccccc4[nH]3)c(C)c12. The molecule has 0 unspecified atom stereocenters. The Morgan fingerprint density at radius 2 is 2.04 bits per heavy atom. The molecule has 0 atom stereocenters. The van der Waals surface area contributed by atoms with Crippen LogP contribution in [0, 0.1) is 13.8 Å². The zero-order valence-electron chi connectivity index (χ0n) is 15.2. The van der Waals surface area contributed by atoms with E-state index in [2.05, 4.69) is 20.3 Å². The Hall–Kier alpha value is -2.80. The van der Waals surface area contributed by atoms with Gasteiger partial charge in [-0.25, -0.2) is 15.0 Å². The van der Waals surface area contributed by atoms with Crippen molar-refractivity contribution in [2.24, 2.45) is 0 Å². The van der Waals surface area contributed by atoms with Gasteiger partial charge in [-0.15, -0.1) is 11.3 Å². The van der Waals surface area contributed by atoms with Crippen molar-refractivity contribution in [3.63, 3.8) is 0 Å². The lowest BCUT2D eigenvalue weighted by Gasteiger charge is -2.03. The number of benzene rings is 1. The van der Waals surface area contributed by atoms with Crippen LogP contribution in [0.2, 0.25) is 0 Å². The van der Waals surface area contributed by atoms with E-state index in [1.807, 2.05) is 38.1 Å². The molecule has 7 heteroatoms. The van der Waals surface area contributed by atoms with Crippen LogP contribution >= 0.6 is 11.3 Å². The molecule has 0 spiro atoms. The Bertz CT molecular complexity index is 1150. The number of aromatic nitrogens is 4. The summed E-state index contributed by atoms with van der Waals surface area (Å²) in [5.41, 5.74) is 3.79. The van der Waals surface area contributed by atoms with Gasteiger partial charge in [-0.1, -0.05) is 12.1 Å². The first-order valence-corrected chi connectivity index (χ1v) is 9.91. The molecule has 27 heavy (non-hydrogen) atoms. The molecule has 1 aliphatic carbocycles. The average molecular weight is 377 g/mol. The van der Waals surface area contributed by atoms with Crippen LogP contribution in [0.25, 0.3) is 21.3 Å². The summed E-state index contributed by atoms with van der Waals surface area (Å²) < 4.78 is 0. The summed E-state index contributed by atoms with van der Waals surface area (Å²) >= 11 is 1.45. The van der Waals surface area contributed by atoms with Crippen molar-refractivity contribution in [3.8, 4) is 0 Å². The molecule has 1 aromatic carbocycles. The Kier molecular flexibility index (Phi) is 3.72. The Balaban J connectivity index is 1.41. The van der Waals surface area contributed by atoms with Gasteiger partial charge in [-0.05, 0) is 44.4 Å². The van der Waals surface area contributed by atoms with Crippen molar-refractivity contribution in [1.82, 2.24) is 25.3 Å². The van der Waals surface area contributed by atoms with E-state index in [0.29, 0.717) is 17.3 Å². The molecule has 1 saturated carbocycles. The van der Waals surface area contributed by atoms with Crippen molar-refractivity contribution >= 4 is 38.5 Å². The van der Waals surface area contributed by atoms with Crippen molar-refractivity contribution in [1.29, 1.82) is 0 Å². The Morgan fingerprint density at radius 3 is 2.81 bits per heavy atom. The summed E-state index contributed by atoms with van der Waals surface area (Å²) in [5, 5.41) is 3.99. The minimum absolute atomic E-state index is 0.0941. The van der Waals surface area contributed by atoms with Gasteiger partial charge in [-0.2, -0.15) is 0 Å². The zero-order valence-corrected chi connectivity index (χ0v) is 16.0. The van der Waals surface area contributed by atoms with Gasteiger partial charge >= 0.3 is 0 Å². The standard InChI is InChI=1S/C20H19N5OS/c1-10-16-11(2)22-18(12-7-8-12)25-20(16)27-17(10)19(26)21-9-15-23-13-5-3-4-6-14(13)24-15/h3-6,12H,7-9H2,1-2H3,(H,21,26)(H,23,24). The van der Waals surface area contributed by atoms with E-state index < -0.39 is 0 Å². The van der Waals surface area contributed by atoms with Crippen LogP contribution in [0.4, 0.5) is 0 Å². The molecule has 4 aromatic rings. The molecular formula is C20H19N5OS. The molecule has 0 saturated heterocycles. The molecule has 0 radical (unpaired) electrons. The third-order valence-corrected chi connectivity index (χ3v) is 6.18. The second-order valence-electron chi connectivity index (χ2n) is 7.06. The fraction of sp³-hybridized carbons (Fsp3) is 0.300. The number of fused-ring (bicyclic) bond motifs is 2. The number of aromatic amines is 1. The minimum atomic E-state index is -0.0941. The molecule has 136 valence electrons. The lowest BCUT2D eigenvalue weighted by molar-refractivity contribution is 0.0953. The third-order valence-electron chi connectivity index (χ3n) is 4.99. The van der Waals surface area contributed by atoms with Gasteiger partial charge in [0.2, 0.25) is 0 Å². The molecular weight excluding hydrogens is 358 g/mol. The van der Waals surface area contributed by atoms with Gasteiger partial charge in [0.1, 0.15) is 16.5 Å². The summed E-state index contributed by atoms with van der Waals surface area (Å²) in [7, 11) is 0. The first-order chi connectivity index (χ1) is 13.1. The maximum Gasteiger partial charge on any atom is 0.262 e. The van der Waals surface area contributed by atoms with E-state index >= 15 is 0 Å². The van der Waals surface area contributed by atoms with Crippen LogP contribution in [0.3, 0.4) is 0 Å². The fourth-order valence-corrected chi connectivity index (χ4v) is 4.59. The number of carbonyl (C=O) groups is 1. The number of nitrogens with zero attached hydrogens (tertiary/aromatic N) is 3. The highest BCUT2D eigenvalue weighted by molar-refractivity contribution is 7.20. The summed E-state index contributed by atoms with van der Waals surface area (Å²) in [5.74, 6) is 2.08.